The summed E-state index contributed by atoms with van der Waals surface area (Å²) in [5, 5.41) is 13.7. The summed E-state index contributed by atoms with van der Waals surface area (Å²) in [4.78, 5) is 48.0. The molecule has 1 aliphatic rings. The summed E-state index contributed by atoms with van der Waals surface area (Å²) in [6, 6.07) is 11.2. The van der Waals surface area contributed by atoms with E-state index >= 15 is 0 Å². The number of carboxylic acid groups (broad SMARTS) is 1. The van der Waals surface area contributed by atoms with Crippen LogP contribution in [0.2, 0.25) is 0 Å². The third kappa shape index (κ3) is 3.32. The predicted octanol–water partition coefficient (Wildman–Crippen LogP) is 0.997. The van der Waals surface area contributed by atoms with E-state index in [-0.39, 0.29) is 23.7 Å². The summed E-state index contributed by atoms with van der Waals surface area (Å²) in [6.45, 7) is 1.44. The van der Waals surface area contributed by atoms with Crippen molar-refractivity contribution < 1.29 is 24.3 Å². The van der Waals surface area contributed by atoms with Gasteiger partial charge >= 0.3 is 0 Å². The first-order chi connectivity index (χ1) is 12.4. The number of carbonyl (C=O) groups excluding carboxylic acids is 4. The number of carbonyl (C=O) groups is 4. The Labute approximate surface area is 149 Å². The van der Waals surface area contributed by atoms with Crippen LogP contribution < -0.4 is 15.3 Å². The molecule has 26 heavy (non-hydrogen) atoms. The van der Waals surface area contributed by atoms with Crippen molar-refractivity contribution in [2.45, 2.75) is 19.4 Å². The molecule has 0 bridgehead atoms. The van der Waals surface area contributed by atoms with Crippen LogP contribution in [-0.2, 0) is 9.59 Å². The van der Waals surface area contributed by atoms with Crippen LogP contribution in [0.5, 0.6) is 0 Å². The van der Waals surface area contributed by atoms with Gasteiger partial charge in [0.1, 0.15) is 6.04 Å². The number of ketones is 1. The van der Waals surface area contributed by atoms with Gasteiger partial charge in [-0.2, -0.15) is 0 Å². The van der Waals surface area contributed by atoms with Crippen molar-refractivity contribution in [1.82, 2.24) is 0 Å². The standard InChI is InChI=1S/C19H16N2O5/c1-11(22)12-4-8-15(9-5-12)21-17(23)10-16(18(21)24)20-14-6-2-13(3-7-14)19(25)26/h2-9,16,20H,10H2,1H3,(H,25,26)/p-1/t16-/m1/s1. The first kappa shape index (κ1) is 17.3. The number of rotatable bonds is 5. The molecule has 3 rings (SSSR count). The molecule has 132 valence electrons. The van der Waals surface area contributed by atoms with E-state index in [1.807, 2.05) is 0 Å². The fraction of sp³-hybridized carbons (Fsp3) is 0.158. The van der Waals surface area contributed by atoms with Crippen molar-refractivity contribution >= 4 is 34.9 Å². The lowest BCUT2D eigenvalue weighted by atomic mass is 10.1. The maximum atomic E-state index is 12.6. The summed E-state index contributed by atoms with van der Waals surface area (Å²) < 4.78 is 0. The quantitative estimate of drug-likeness (QED) is 0.636. The average Bonchev–Trinajstić information content (AvgIpc) is 2.89. The number of Topliss-reactive ketones (excluding diaryl/α,β-unsaturated/α-hetero) is 1. The summed E-state index contributed by atoms with van der Waals surface area (Å²) in [7, 11) is 0. The molecule has 2 aromatic rings. The number of hydrogen-bond donors (Lipinski definition) is 1. The molecule has 0 radical (unpaired) electrons. The Morgan fingerprint density at radius 2 is 1.58 bits per heavy atom. The number of carboxylic acids is 1. The minimum atomic E-state index is -1.29. The van der Waals surface area contributed by atoms with Crippen LogP contribution in [0.1, 0.15) is 34.1 Å². The Kier molecular flexibility index (Phi) is 4.53. The van der Waals surface area contributed by atoms with Crippen molar-refractivity contribution in [3.05, 3.63) is 59.7 Å². The molecule has 2 amide bonds. The third-order valence-electron chi connectivity index (χ3n) is 4.14. The number of nitrogens with zero attached hydrogens (tertiary/aromatic N) is 1. The molecule has 1 N–H and O–H groups in total. The van der Waals surface area contributed by atoms with Crippen LogP contribution in [0, 0.1) is 0 Å². The highest BCUT2D eigenvalue weighted by Gasteiger charge is 2.39. The van der Waals surface area contributed by atoms with Gasteiger partial charge in [-0.15, -0.1) is 0 Å². The first-order valence-corrected chi connectivity index (χ1v) is 7.92. The van der Waals surface area contributed by atoms with E-state index < -0.39 is 17.9 Å². The van der Waals surface area contributed by atoms with E-state index in [0.29, 0.717) is 16.9 Å². The van der Waals surface area contributed by atoms with Crippen LogP contribution in [0.25, 0.3) is 0 Å². The van der Waals surface area contributed by atoms with Gasteiger partial charge in [0.2, 0.25) is 5.91 Å². The fourth-order valence-corrected chi connectivity index (χ4v) is 2.76. The van der Waals surface area contributed by atoms with Crippen molar-refractivity contribution in [2.24, 2.45) is 0 Å². The highest BCUT2D eigenvalue weighted by molar-refractivity contribution is 6.23. The average molecular weight is 351 g/mol. The smallest absolute Gasteiger partial charge is 0.256 e. The van der Waals surface area contributed by atoms with E-state index in [0.717, 1.165) is 4.90 Å². The highest BCUT2D eigenvalue weighted by atomic mass is 16.4. The molecule has 2 aromatic carbocycles. The van der Waals surface area contributed by atoms with Gasteiger partial charge in [0.15, 0.2) is 5.78 Å². The minimum Gasteiger partial charge on any atom is -0.545 e. The lowest BCUT2D eigenvalue weighted by Crippen LogP contribution is -2.34. The molecule has 0 aliphatic carbocycles. The Hall–Kier alpha value is -3.48. The number of hydrogen-bond acceptors (Lipinski definition) is 6. The number of amides is 2. The van der Waals surface area contributed by atoms with Crippen LogP contribution in [-0.4, -0.2) is 29.6 Å². The van der Waals surface area contributed by atoms with E-state index in [4.69, 9.17) is 0 Å². The minimum absolute atomic E-state index is 0.0183. The number of aromatic carboxylic acids is 1. The van der Waals surface area contributed by atoms with Gasteiger partial charge in [-0.1, -0.05) is 12.1 Å². The number of nitrogens with one attached hydrogen (secondary N) is 1. The second kappa shape index (κ2) is 6.79. The molecule has 1 aliphatic heterocycles. The normalized spacial score (nSPS) is 16.7. The van der Waals surface area contributed by atoms with Gasteiger partial charge in [0.05, 0.1) is 18.1 Å². The van der Waals surface area contributed by atoms with Crippen molar-refractivity contribution in [2.75, 3.05) is 10.2 Å². The van der Waals surface area contributed by atoms with Gasteiger partial charge in [-0.3, -0.25) is 14.4 Å². The zero-order chi connectivity index (χ0) is 18.8. The summed E-state index contributed by atoms with van der Waals surface area (Å²) in [6.07, 6.45) is -0.0183. The summed E-state index contributed by atoms with van der Waals surface area (Å²) in [5.41, 5.74) is 1.45. The van der Waals surface area contributed by atoms with E-state index in [1.165, 1.54) is 31.2 Å². The van der Waals surface area contributed by atoms with E-state index in [1.54, 1.807) is 24.3 Å². The molecule has 7 nitrogen and oxygen atoms in total. The topological polar surface area (TPSA) is 107 Å². The number of imide groups is 1. The van der Waals surface area contributed by atoms with Crippen molar-refractivity contribution in [3.8, 4) is 0 Å². The molecule has 0 unspecified atom stereocenters. The molecule has 1 fully saturated rings. The number of benzene rings is 2. The maximum absolute atomic E-state index is 12.6. The van der Waals surface area contributed by atoms with Crippen LogP contribution in [0.4, 0.5) is 11.4 Å². The predicted molar refractivity (Wildman–Crippen MR) is 91.7 cm³/mol. The molecule has 0 aromatic heterocycles. The van der Waals surface area contributed by atoms with E-state index in [2.05, 4.69) is 5.32 Å². The Balaban J connectivity index is 1.76. The van der Waals surface area contributed by atoms with Gasteiger partial charge in [-0.25, -0.2) is 4.90 Å². The van der Waals surface area contributed by atoms with Gasteiger partial charge in [0, 0.05) is 11.3 Å². The number of anilines is 2. The van der Waals surface area contributed by atoms with E-state index in [9.17, 15) is 24.3 Å². The Morgan fingerprint density at radius 1 is 1.00 bits per heavy atom. The maximum Gasteiger partial charge on any atom is 0.256 e. The molecular formula is C19H15N2O5-. The SMILES string of the molecule is CC(=O)c1ccc(N2C(=O)C[C@@H](Nc3ccc(C(=O)[O-])cc3)C2=O)cc1. The molecule has 7 heteroatoms. The fourth-order valence-electron chi connectivity index (χ4n) is 2.76. The van der Waals surface area contributed by atoms with Crippen molar-refractivity contribution in [1.29, 1.82) is 0 Å². The monoisotopic (exact) mass is 351 g/mol. The van der Waals surface area contributed by atoms with Gasteiger partial charge in [-0.05, 0) is 48.9 Å². The Bertz CT molecular complexity index is 887. The van der Waals surface area contributed by atoms with Gasteiger partial charge in [0.25, 0.3) is 5.91 Å². The van der Waals surface area contributed by atoms with Gasteiger partial charge < -0.3 is 15.2 Å². The summed E-state index contributed by atoms with van der Waals surface area (Å²) in [5.74, 6) is -2.15. The molecule has 0 saturated carbocycles. The first-order valence-electron chi connectivity index (χ1n) is 7.92. The second-order valence-electron chi connectivity index (χ2n) is 5.94. The second-order valence-corrected chi connectivity index (χ2v) is 5.94. The lowest BCUT2D eigenvalue weighted by Gasteiger charge is -2.16. The lowest BCUT2D eigenvalue weighted by molar-refractivity contribution is -0.255. The van der Waals surface area contributed by atoms with Crippen LogP contribution in [0.15, 0.2) is 48.5 Å². The third-order valence-corrected chi connectivity index (χ3v) is 4.14. The molecular weight excluding hydrogens is 336 g/mol. The van der Waals surface area contributed by atoms with Crippen LogP contribution in [0.3, 0.4) is 0 Å². The highest BCUT2D eigenvalue weighted by Crippen LogP contribution is 2.25. The molecule has 1 saturated heterocycles. The van der Waals surface area contributed by atoms with Crippen molar-refractivity contribution in [3.63, 3.8) is 0 Å². The zero-order valence-corrected chi connectivity index (χ0v) is 13.9. The molecule has 1 heterocycles. The zero-order valence-electron chi connectivity index (χ0n) is 13.9. The Morgan fingerprint density at radius 3 is 2.12 bits per heavy atom. The molecule has 1 atom stereocenters. The molecule has 0 spiro atoms. The van der Waals surface area contributed by atoms with Crippen LogP contribution >= 0.6 is 0 Å². The largest absolute Gasteiger partial charge is 0.545 e. The summed E-state index contributed by atoms with van der Waals surface area (Å²) >= 11 is 0.